The van der Waals surface area contributed by atoms with Crippen LogP contribution in [-0.2, 0) is 4.79 Å². The molecule has 0 fully saturated rings. The molecule has 1 unspecified atom stereocenters. The van der Waals surface area contributed by atoms with Gasteiger partial charge in [-0.3, -0.25) is 9.59 Å². The smallest absolute Gasteiger partial charge is 0.253 e. The summed E-state index contributed by atoms with van der Waals surface area (Å²) < 4.78 is 5.81. The number of halogens is 2. The van der Waals surface area contributed by atoms with E-state index in [2.05, 4.69) is 5.32 Å². The van der Waals surface area contributed by atoms with Gasteiger partial charge in [-0.1, -0.05) is 41.4 Å². The Hall–Kier alpha value is -2.50. The van der Waals surface area contributed by atoms with Gasteiger partial charge in [0, 0.05) is 17.5 Å². The molecule has 0 spiro atoms. The third-order valence-electron chi connectivity index (χ3n) is 4.41. The molecule has 2 amide bonds. The van der Waals surface area contributed by atoms with Crippen LogP contribution in [0.25, 0.3) is 11.0 Å². The molecular weight excluding hydrogens is 387 g/mol. The van der Waals surface area contributed by atoms with Gasteiger partial charge < -0.3 is 14.6 Å². The molecule has 0 saturated carbocycles. The number of amides is 2. The Morgan fingerprint density at radius 3 is 2.59 bits per heavy atom. The first-order valence-electron chi connectivity index (χ1n) is 8.34. The molecule has 0 aliphatic rings. The first-order chi connectivity index (χ1) is 12.9. The largest absolute Gasteiger partial charge is 0.459 e. The average molecular weight is 405 g/mol. The lowest BCUT2D eigenvalue weighted by molar-refractivity contribution is -0.131. The van der Waals surface area contributed by atoms with Gasteiger partial charge in [-0.25, -0.2) is 0 Å². The first-order valence-corrected chi connectivity index (χ1v) is 9.10. The van der Waals surface area contributed by atoms with Gasteiger partial charge in [0.2, 0.25) is 5.91 Å². The van der Waals surface area contributed by atoms with E-state index in [9.17, 15) is 9.59 Å². The van der Waals surface area contributed by atoms with E-state index in [4.69, 9.17) is 27.6 Å². The zero-order valence-electron chi connectivity index (χ0n) is 14.8. The van der Waals surface area contributed by atoms with E-state index >= 15 is 0 Å². The normalized spacial score (nSPS) is 12.0. The van der Waals surface area contributed by atoms with Crippen molar-refractivity contribution in [3.05, 3.63) is 69.9 Å². The molecule has 0 radical (unpaired) electrons. The highest BCUT2D eigenvalue weighted by Gasteiger charge is 2.21. The quantitative estimate of drug-likeness (QED) is 0.670. The Morgan fingerprint density at radius 1 is 1.15 bits per heavy atom. The van der Waals surface area contributed by atoms with Gasteiger partial charge in [-0.2, -0.15) is 0 Å². The zero-order valence-corrected chi connectivity index (χ0v) is 16.3. The van der Waals surface area contributed by atoms with Gasteiger partial charge in [0.15, 0.2) is 0 Å². The molecule has 140 valence electrons. The predicted molar refractivity (Wildman–Crippen MR) is 106 cm³/mol. The van der Waals surface area contributed by atoms with E-state index < -0.39 is 5.91 Å². The number of benzene rings is 2. The number of hydrogen-bond acceptors (Lipinski definition) is 3. The van der Waals surface area contributed by atoms with E-state index in [0.717, 1.165) is 11.0 Å². The Bertz CT molecular complexity index is 967. The fourth-order valence-corrected chi connectivity index (χ4v) is 3.16. The number of carbonyl (C=O) groups is 2. The maximum Gasteiger partial charge on any atom is 0.253 e. The number of furan rings is 1. The van der Waals surface area contributed by atoms with Gasteiger partial charge in [-0.15, -0.1) is 0 Å². The second-order valence-corrected chi connectivity index (χ2v) is 7.02. The molecule has 0 bridgehead atoms. The highest BCUT2D eigenvalue weighted by molar-refractivity contribution is 6.36. The third-order valence-corrected chi connectivity index (χ3v) is 4.95. The lowest BCUT2D eigenvalue weighted by Gasteiger charge is -2.23. The van der Waals surface area contributed by atoms with Crippen molar-refractivity contribution in [2.24, 2.45) is 0 Å². The minimum Gasteiger partial charge on any atom is -0.459 e. The summed E-state index contributed by atoms with van der Waals surface area (Å²) in [6, 6.07) is 13.9. The predicted octanol–water partition coefficient (Wildman–Crippen LogP) is 4.69. The Morgan fingerprint density at radius 2 is 1.89 bits per heavy atom. The third kappa shape index (κ3) is 4.26. The number of likely N-dealkylation sites (N-methyl/N-ethyl adjacent to an activating group) is 1. The Kier molecular flexibility index (Phi) is 5.73. The maximum atomic E-state index is 12.5. The van der Waals surface area contributed by atoms with Crippen molar-refractivity contribution in [1.82, 2.24) is 10.2 Å². The molecule has 1 aromatic heterocycles. The minimum atomic E-state index is -0.435. The highest BCUT2D eigenvalue weighted by atomic mass is 35.5. The van der Waals surface area contributed by atoms with Crippen molar-refractivity contribution in [2.75, 3.05) is 13.6 Å². The monoisotopic (exact) mass is 404 g/mol. The van der Waals surface area contributed by atoms with Crippen molar-refractivity contribution >= 4 is 46.0 Å². The Balaban J connectivity index is 1.63. The molecule has 1 atom stereocenters. The minimum absolute atomic E-state index is 0.154. The van der Waals surface area contributed by atoms with Crippen LogP contribution in [0.1, 0.15) is 29.1 Å². The second-order valence-electron chi connectivity index (χ2n) is 6.17. The highest BCUT2D eigenvalue weighted by Crippen LogP contribution is 2.26. The number of nitrogens with one attached hydrogen (secondary N) is 1. The van der Waals surface area contributed by atoms with Crippen LogP contribution in [0.15, 0.2) is 52.9 Å². The van der Waals surface area contributed by atoms with Crippen molar-refractivity contribution in [3.8, 4) is 0 Å². The van der Waals surface area contributed by atoms with Gasteiger partial charge >= 0.3 is 0 Å². The first kappa shape index (κ1) is 19.3. The van der Waals surface area contributed by atoms with Gasteiger partial charge in [-0.05, 0) is 37.3 Å². The number of nitrogens with zero attached hydrogens (tertiary/aromatic N) is 1. The molecule has 0 saturated heterocycles. The summed E-state index contributed by atoms with van der Waals surface area (Å²) in [6.45, 7) is 1.71. The fourth-order valence-electron chi connectivity index (χ4n) is 2.66. The van der Waals surface area contributed by atoms with Crippen LogP contribution in [-0.4, -0.2) is 30.3 Å². The van der Waals surface area contributed by atoms with Crippen molar-refractivity contribution in [3.63, 3.8) is 0 Å². The molecule has 0 aliphatic carbocycles. The van der Waals surface area contributed by atoms with Crippen LogP contribution in [0, 0.1) is 0 Å². The van der Waals surface area contributed by atoms with Crippen molar-refractivity contribution in [1.29, 1.82) is 0 Å². The van der Waals surface area contributed by atoms with E-state index in [1.165, 1.54) is 17.0 Å². The van der Waals surface area contributed by atoms with Gasteiger partial charge in [0.25, 0.3) is 5.91 Å². The number of rotatable bonds is 5. The van der Waals surface area contributed by atoms with Crippen LogP contribution in [0.3, 0.4) is 0 Å². The Labute approximate surface area is 166 Å². The maximum absolute atomic E-state index is 12.5. The number of hydrogen-bond donors (Lipinski definition) is 1. The summed E-state index contributed by atoms with van der Waals surface area (Å²) in [6.07, 6.45) is 0. The average Bonchev–Trinajstić information content (AvgIpc) is 3.08. The molecule has 3 rings (SSSR count). The molecule has 0 aliphatic heterocycles. The standard InChI is InChI=1S/C20H18Cl2N2O3/c1-12(18-9-13-5-3-4-6-17(13)27-18)24(2)19(25)11-23-20(26)15-8-7-14(21)10-16(15)22/h3-10,12H,11H2,1-2H3,(H,23,26). The lowest BCUT2D eigenvalue weighted by Crippen LogP contribution is -2.39. The van der Waals surface area contributed by atoms with Gasteiger partial charge in [0.1, 0.15) is 11.3 Å². The topological polar surface area (TPSA) is 62.6 Å². The van der Waals surface area contributed by atoms with E-state index in [1.54, 1.807) is 13.1 Å². The summed E-state index contributed by atoms with van der Waals surface area (Å²) >= 11 is 11.8. The van der Waals surface area contributed by atoms with E-state index in [0.29, 0.717) is 10.8 Å². The molecule has 1 N–H and O–H groups in total. The number of carbonyl (C=O) groups excluding carboxylic acids is 2. The molecular formula is C20H18Cl2N2O3. The van der Waals surface area contributed by atoms with Crippen molar-refractivity contribution < 1.29 is 14.0 Å². The second kappa shape index (κ2) is 8.03. The molecule has 5 nitrogen and oxygen atoms in total. The summed E-state index contributed by atoms with van der Waals surface area (Å²) in [5.41, 5.74) is 1.03. The van der Waals surface area contributed by atoms with Crippen LogP contribution in [0.5, 0.6) is 0 Å². The number of fused-ring (bicyclic) bond motifs is 1. The van der Waals surface area contributed by atoms with Crippen LogP contribution in [0.2, 0.25) is 10.0 Å². The van der Waals surface area contributed by atoms with Crippen LogP contribution >= 0.6 is 23.2 Å². The van der Waals surface area contributed by atoms with Crippen LogP contribution in [0.4, 0.5) is 0 Å². The zero-order chi connectivity index (χ0) is 19.6. The lowest BCUT2D eigenvalue weighted by atomic mass is 10.2. The van der Waals surface area contributed by atoms with E-state index in [1.807, 2.05) is 37.3 Å². The summed E-state index contributed by atoms with van der Waals surface area (Å²) in [5, 5.41) is 4.23. The molecule has 27 heavy (non-hydrogen) atoms. The number of para-hydroxylation sites is 1. The molecule has 2 aromatic carbocycles. The summed E-state index contributed by atoms with van der Waals surface area (Å²) in [5.74, 6) is -0.00433. The van der Waals surface area contributed by atoms with Crippen molar-refractivity contribution in [2.45, 2.75) is 13.0 Å². The molecule has 3 aromatic rings. The summed E-state index contributed by atoms with van der Waals surface area (Å²) in [4.78, 5) is 26.2. The van der Waals surface area contributed by atoms with Crippen LogP contribution < -0.4 is 5.32 Å². The SMILES string of the molecule is CC(c1cc2ccccc2o1)N(C)C(=O)CNC(=O)c1ccc(Cl)cc1Cl. The van der Waals surface area contributed by atoms with Gasteiger partial charge in [0.05, 0.1) is 23.2 Å². The fraction of sp³-hybridized carbons (Fsp3) is 0.200. The van der Waals surface area contributed by atoms with E-state index in [-0.39, 0.29) is 29.1 Å². The molecule has 7 heteroatoms. The molecule has 1 heterocycles. The summed E-state index contributed by atoms with van der Waals surface area (Å²) in [7, 11) is 1.67.